The SMILES string of the molecule is CCS(=O)(=O)c1ccc(-c2nnc(NC(=O)c3cc(OC)c(OC)c(OC)c3)o2)cc1. The Hall–Kier alpha value is -3.60. The Morgan fingerprint density at radius 3 is 2.13 bits per heavy atom. The summed E-state index contributed by atoms with van der Waals surface area (Å²) in [7, 11) is 1.04. The number of carbonyl (C=O) groups is 1. The van der Waals surface area contributed by atoms with Crippen molar-refractivity contribution in [1.29, 1.82) is 0 Å². The number of carbonyl (C=O) groups excluding carboxylic acids is 1. The second-order valence-corrected chi connectivity index (χ2v) is 8.49. The highest BCUT2D eigenvalue weighted by Gasteiger charge is 2.19. The maximum Gasteiger partial charge on any atom is 0.322 e. The number of nitrogens with one attached hydrogen (secondary N) is 1. The summed E-state index contributed by atoms with van der Waals surface area (Å²) in [4.78, 5) is 12.8. The minimum atomic E-state index is -3.31. The van der Waals surface area contributed by atoms with E-state index < -0.39 is 15.7 Å². The molecule has 0 aliphatic rings. The average Bonchev–Trinajstić information content (AvgIpc) is 3.26. The molecule has 2 aromatic carbocycles. The summed E-state index contributed by atoms with van der Waals surface area (Å²) in [5.41, 5.74) is 0.735. The first-order valence-corrected chi connectivity index (χ1v) is 10.8. The predicted molar refractivity (Wildman–Crippen MR) is 112 cm³/mol. The van der Waals surface area contributed by atoms with Crippen LogP contribution < -0.4 is 19.5 Å². The van der Waals surface area contributed by atoms with E-state index in [4.69, 9.17) is 18.6 Å². The lowest BCUT2D eigenvalue weighted by Crippen LogP contribution is -2.13. The van der Waals surface area contributed by atoms with Crippen molar-refractivity contribution in [3.8, 4) is 28.7 Å². The van der Waals surface area contributed by atoms with Gasteiger partial charge in [-0.2, -0.15) is 0 Å². The van der Waals surface area contributed by atoms with E-state index in [0.29, 0.717) is 22.8 Å². The molecule has 0 saturated heterocycles. The zero-order valence-corrected chi connectivity index (χ0v) is 18.1. The molecule has 3 aromatic rings. The molecule has 0 saturated carbocycles. The van der Waals surface area contributed by atoms with Crippen molar-refractivity contribution in [3.63, 3.8) is 0 Å². The summed E-state index contributed by atoms with van der Waals surface area (Å²) < 4.78 is 45.0. The Labute approximate surface area is 179 Å². The molecule has 1 amide bonds. The number of amides is 1. The Morgan fingerprint density at radius 2 is 1.61 bits per heavy atom. The third kappa shape index (κ3) is 4.61. The molecule has 3 rings (SSSR count). The molecule has 0 aliphatic carbocycles. The van der Waals surface area contributed by atoms with Crippen molar-refractivity contribution in [2.75, 3.05) is 32.4 Å². The number of hydrogen-bond donors (Lipinski definition) is 1. The lowest BCUT2D eigenvalue weighted by molar-refractivity contribution is 0.102. The number of sulfone groups is 1. The number of benzene rings is 2. The van der Waals surface area contributed by atoms with Crippen LogP contribution in [0.2, 0.25) is 0 Å². The number of nitrogens with zero attached hydrogens (tertiary/aromatic N) is 2. The fourth-order valence-corrected chi connectivity index (χ4v) is 3.63. The van der Waals surface area contributed by atoms with E-state index in [1.54, 1.807) is 19.1 Å². The van der Waals surface area contributed by atoms with Crippen molar-refractivity contribution in [3.05, 3.63) is 42.0 Å². The molecule has 0 bridgehead atoms. The number of methoxy groups -OCH3 is 3. The molecule has 1 aromatic heterocycles. The van der Waals surface area contributed by atoms with Crippen molar-refractivity contribution in [1.82, 2.24) is 10.2 Å². The normalized spacial score (nSPS) is 11.1. The number of aromatic nitrogens is 2. The zero-order chi connectivity index (χ0) is 22.6. The molecule has 164 valence electrons. The Bertz CT molecular complexity index is 1160. The van der Waals surface area contributed by atoms with Gasteiger partial charge in [-0.1, -0.05) is 12.0 Å². The van der Waals surface area contributed by atoms with Crippen LogP contribution in [-0.2, 0) is 9.84 Å². The van der Waals surface area contributed by atoms with Gasteiger partial charge in [-0.3, -0.25) is 10.1 Å². The largest absolute Gasteiger partial charge is 0.493 e. The van der Waals surface area contributed by atoms with Crippen LogP contribution in [0.1, 0.15) is 17.3 Å². The first kappa shape index (κ1) is 22.1. The summed E-state index contributed by atoms with van der Waals surface area (Å²) in [6, 6.07) is 8.89. The summed E-state index contributed by atoms with van der Waals surface area (Å²) in [5.74, 6) is 0.597. The molecule has 0 radical (unpaired) electrons. The van der Waals surface area contributed by atoms with E-state index in [0.717, 1.165) is 0 Å². The monoisotopic (exact) mass is 447 g/mol. The maximum atomic E-state index is 12.6. The van der Waals surface area contributed by atoms with Gasteiger partial charge in [0.05, 0.1) is 32.0 Å². The zero-order valence-electron chi connectivity index (χ0n) is 17.3. The topological polar surface area (TPSA) is 130 Å². The van der Waals surface area contributed by atoms with Crippen LogP contribution in [0.5, 0.6) is 17.2 Å². The van der Waals surface area contributed by atoms with Crippen LogP contribution in [0, 0.1) is 0 Å². The second kappa shape index (κ2) is 9.04. The van der Waals surface area contributed by atoms with Gasteiger partial charge in [-0.25, -0.2) is 8.42 Å². The van der Waals surface area contributed by atoms with E-state index in [1.807, 2.05) is 0 Å². The summed E-state index contributed by atoms with van der Waals surface area (Å²) >= 11 is 0. The van der Waals surface area contributed by atoms with Gasteiger partial charge in [0.1, 0.15) is 0 Å². The molecule has 11 heteroatoms. The summed E-state index contributed by atoms with van der Waals surface area (Å²) in [6.07, 6.45) is 0. The minimum absolute atomic E-state index is 0.00398. The molecule has 31 heavy (non-hydrogen) atoms. The van der Waals surface area contributed by atoms with E-state index in [2.05, 4.69) is 15.5 Å². The van der Waals surface area contributed by atoms with Crippen molar-refractivity contribution in [2.24, 2.45) is 0 Å². The Balaban J connectivity index is 1.81. The van der Waals surface area contributed by atoms with Crippen LogP contribution in [-0.4, -0.2) is 51.6 Å². The first-order valence-electron chi connectivity index (χ1n) is 9.11. The lowest BCUT2D eigenvalue weighted by atomic mass is 10.1. The summed E-state index contributed by atoms with van der Waals surface area (Å²) in [5, 5.41) is 10.2. The Kier molecular flexibility index (Phi) is 6.44. The van der Waals surface area contributed by atoms with Crippen LogP contribution >= 0.6 is 0 Å². The van der Waals surface area contributed by atoms with Gasteiger partial charge in [-0.15, -0.1) is 5.10 Å². The molecule has 0 spiro atoms. The molecular weight excluding hydrogens is 426 g/mol. The number of hydrogen-bond acceptors (Lipinski definition) is 9. The van der Waals surface area contributed by atoms with E-state index in [1.165, 1.54) is 45.6 Å². The molecule has 0 unspecified atom stereocenters. The van der Waals surface area contributed by atoms with Crippen molar-refractivity contribution >= 4 is 21.8 Å². The van der Waals surface area contributed by atoms with Gasteiger partial charge in [0, 0.05) is 11.1 Å². The highest BCUT2D eigenvalue weighted by Crippen LogP contribution is 2.38. The van der Waals surface area contributed by atoms with Crippen molar-refractivity contribution in [2.45, 2.75) is 11.8 Å². The van der Waals surface area contributed by atoms with E-state index in [-0.39, 0.29) is 28.1 Å². The quantitative estimate of drug-likeness (QED) is 0.554. The molecule has 1 N–H and O–H groups in total. The molecular formula is C20H21N3O7S. The van der Waals surface area contributed by atoms with Crippen LogP contribution in [0.3, 0.4) is 0 Å². The van der Waals surface area contributed by atoms with Gasteiger partial charge >= 0.3 is 6.01 Å². The third-order valence-corrected chi connectivity index (χ3v) is 6.16. The van der Waals surface area contributed by atoms with Crippen LogP contribution in [0.4, 0.5) is 6.01 Å². The lowest BCUT2D eigenvalue weighted by Gasteiger charge is -2.13. The van der Waals surface area contributed by atoms with Gasteiger partial charge < -0.3 is 18.6 Å². The highest BCUT2D eigenvalue weighted by molar-refractivity contribution is 7.91. The van der Waals surface area contributed by atoms with Gasteiger partial charge in [0.2, 0.25) is 11.6 Å². The number of anilines is 1. The molecule has 0 fully saturated rings. The van der Waals surface area contributed by atoms with E-state index in [9.17, 15) is 13.2 Å². The standard InChI is InChI=1S/C20H21N3O7S/c1-5-31(25,26)14-8-6-12(7-9-14)19-22-23-20(30-19)21-18(24)13-10-15(27-2)17(29-4)16(11-13)28-3/h6-11H,5H2,1-4H3,(H,21,23,24). The molecule has 10 nitrogen and oxygen atoms in total. The number of ether oxygens (including phenoxy) is 3. The number of rotatable bonds is 8. The summed E-state index contributed by atoms with van der Waals surface area (Å²) in [6.45, 7) is 1.57. The Morgan fingerprint density at radius 1 is 1.00 bits per heavy atom. The van der Waals surface area contributed by atoms with E-state index >= 15 is 0 Å². The van der Waals surface area contributed by atoms with Gasteiger partial charge in [0.25, 0.3) is 5.91 Å². The van der Waals surface area contributed by atoms with Crippen LogP contribution in [0.15, 0.2) is 45.7 Å². The first-order chi connectivity index (χ1) is 14.8. The smallest absolute Gasteiger partial charge is 0.322 e. The van der Waals surface area contributed by atoms with Crippen LogP contribution in [0.25, 0.3) is 11.5 Å². The fraction of sp³-hybridized carbons (Fsp3) is 0.250. The highest BCUT2D eigenvalue weighted by atomic mass is 32.2. The third-order valence-electron chi connectivity index (χ3n) is 4.41. The average molecular weight is 447 g/mol. The molecule has 0 aliphatic heterocycles. The predicted octanol–water partition coefficient (Wildman–Crippen LogP) is 2.81. The minimum Gasteiger partial charge on any atom is -0.493 e. The molecule has 0 atom stereocenters. The fourth-order valence-electron chi connectivity index (χ4n) is 2.74. The second-order valence-electron chi connectivity index (χ2n) is 6.21. The van der Waals surface area contributed by atoms with Crippen molar-refractivity contribution < 1.29 is 31.8 Å². The van der Waals surface area contributed by atoms with Gasteiger partial charge in [-0.05, 0) is 36.4 Å². The molecule has 1 heterocycles. The maximum absolute atomic E-state index is 12.6. The van der Waals surface area contributed by atoms with Gasteiger partial charge in [0.15, 0.2) is 21.3 Å².